The zero-order chi connectivity index (χ0) is 45.5. The van der Waals surface area contributed by atoms with Gasteiger partial charge in [0.1, 0.15) is 29.2 Å². The van der Waals surface area contributed by atoms with Gasteiger partial charge in [-0.15, -0.1) is 0 Å². The van der Waals surface area contributed by atoms with Crippen molar-refractivity contribution in [2.24, 2.45) is 11.8 Å². The second kappa shape index (κ2) is 20.5. The van der Waals surface area contributed by atoms with Gasteiger partial charge in [-0.3, -0.25) is 24.1 Å². The maximum absolute atomic E-state index is 16.3. The fraction of sp³-hybridized carbons (Fsp3) is 0.532. The minimum atomic E-state index is -1.53. The topological polar surface area (TPSA) is 144 Å². The van der Waals surface area contributed by atoms with Crippen LogP contribution in [-0.4, -0.2) is 136 Å². The fourth-order valence-electron chi connectivity index (χ4n) is 8.85. The standard InChI is InChI=1S/C47H57F3N6O8/c1-47(2,3)64-46(61)54-26-33(37(50)28-54)27-56(45(60)39-30-52(20-23-63-39)40(57)12-8-5-9-19-55-41(58)15-16-42(55)59)43(32-17-21-62-22-18-32)44-51-38(35-24-34(48)13-14-36(35)49)29-53(44)25-31-10-6-4-7-11-31/h4,6-7,10-11,13-16,24,29,32-33,37,39,43H,5,8-9,12,17-23,25-28,30H2,1-3H3. The Hall–Kier alpha value is -5.55. The van der Waals surface area contributed by atoms with Gasteiger partial charge < -0.3 is 33.5 Å². The second-order valence-electron chi connectivity index (χ2n) is 17.9. The van der Waals surface area contributed by atoms with Gasteiger partial charge >= 0.3 is 6.09 Å². The molecule has 0 saturated carbocycles. The average Bonchev–Trinajstić information content (AvgIpc) is 3.96. The van der Waals surface area contributed by atoms with Crippen molar-refractivity contribution in [1.29, 1.82) is 0 Å². The number of alkyl halides is 1. The molecular weight excluding hydrogens is 834 g/mol. The first-order chi connectivity index (χ1) is 30.6. The highest BCUT2D eigenvalue weighted by molar-refractivity contribution is 6.12. The molecule has 4 atom stereocenters. The number of benzene rings is 2. The van der Waals surface area contributed by atoms with Crippen molar-refractivity contribution < 1.29 is 51.4 Å². The van der Waals surface area contributed by atoms with Gasteiger partial charge in [0.05, 0.1) is 31.4 Å². The molecule has 0 bridgehead atoms. The van der Waals surface area contributed by atoms with Crippen LogP contribution >= 0.6 is 0 Å². The first-order valence-corrected chi connectivity index (χ1v) is 22.1. The Morgan fingerprint density at radius 1 is 0.922 bits per heavy atom. The third-order valence-electron chi connectivity index (χ3n) is 12.1. The Bertz CT molecular complexity index is 2170. The van der Waals surface area contributed by atoms with Crippen LogP contribution in [0.5, 0.6) is 0 Å². The molecule has 3 aromatic rings. The summed E-state index contributed by atoms with van der Waals surface area (Å²) in [4.78, 5) is 76.7. The Balaban J connectivity index is 1.20. The summed E-state index contributed by atoms with van der Waals surface area (Å²) < 4.78 is 65.8. The van der Waals surface area contributed by atoms with Gasteiger partial charge in [-0.1, -0.05) is 36.8 Å². The smallest absolute Gasteiger partial charge is 0.410 e. The van der Waals surface area contributed by atoms with Crippen molar-refractivity contribution >= 4 is 29.7 Å². The third kappa shape index (κ3) is 11.4. The van der Waals surface area contributed by atoms with Gasteiger partial charge in [0, 0.05) is 82.2 Å². The van der Waals surface area contributed by atoms with Crippen LogP contribution in [0.15, 0.2) is 66.9 Å². The summed E-state index contributed by atoms with van der Waals surface area (Å²) in [6.07, 6.45) is 3.59. The van der Waals surface area contributed by atoms with Crippen molar-refractivity contribution in [2.75, 3.05) is 59.1 Å². The van der Waals surface area contributed by atoms with E-state index in [9.17, 15) is 23.6 Å². The van der Waals surface area contributed by atoms with E-state index in [0.29, 0.717) is 51.1 Å². The Labute approximate surface area is 371 Å². The molecule has 17 heteroatoms. The number of nitrogens with zero attached hydrogens (tertiary/aromatic N) is 6. The molecule has 5 heterocycles. The Kier molecular flexibility index (Phi) is 14.9. The highest BCUT2D eigenvalue weighted by Gasteiger charge is 2.45. The third-order valence-corrected chi connectivity index (χ3v) is 12.1. The zero-order valence-electron chi connectivity index (χ0n) is 36.6. The number of aromatic nitrogens is 2. The molecule has 0 radical (unpaired) electrons. The molecule has 0 N–H and O–H groups in total. The van der Waals surface area contributed by atoms with E-state index in [0.717, 1.165) is 23.8 Å². The Morgan fingerprint density at radius 2 is 1.66 bits per heavy atom. The number of carbonyl (C=O) groups is 5. The Morgan fingerprint density at radius 3 is 2.38 bits per heavy atom. The first-order valence-electron chi connectivity index (χ1n) is 22.1. The molecule has 4 aliphatic heterocycles. The number of halogens is 3. The predicted molar refractivity (Wildman–Crippen MR) is 228 cm³/mol. The van der Waals surface area contributed by atoms with E-state index in [2.05, 4.69) is 0 Å². The maximum Gasteiger partial charge on any atom is 0.410 e. The number of hydrogen-bond acceptors (Lipinski definition) is 9. The lowest BCUT2D eigenvalue weighted by Gasteiger charge is -2.42. The van der Waals surface area contributed by atoms with E-state index in [4.69, 9.17) is 19.2 Å². The molecule has 344 valence electrons. The minimum absolute atomic E-state index is 0.0364. The molecule has 7 rings (SSSR count). The summed E-state index contributed by atoms with van der Waals surface area (Å²) >= 11 is 0. The van der Waals surface area contributed by atoms with Crippen LogP contribution in [0.25, 0.3) is 11.3 Å². The summed E-state index contributed by atoms with van der Waals surface area (Å²) in [5, 5.41) is 0. The molecular formula is C47H57F3N6O8. The molecule has 64 heavy (non-hydrogen) atoms. The lowest BCUT2D eigenvalue weighted by atomic mass is 9.88. The van der Waals surface area contributed by atoms with Crippen LogP contribution in [0, 0.1) is 23.5 Å². The van der Waals surface area contributed by atoms with E-state index < -0.39 is 53.5 Å². The summed E-state index contributed by atoms with van der Waals surface area (Å²) in [6.45, 7) is 6.26. The molecule has 1 aromatic heterocycles. The number of hydrogen-bond donors (Lipinski definition) is 0. The lowest BCUT2D eigenvalue weighted by Crippen LogP contribution is -2.55. The molecule has 3 saturated heterocycles. The molecule has 2 aromatic carbocycles. The molecule has 3 fully saturated rings. The van der Waals surface area contributed by atoms with Crippen LogP contribution in [0.2, 0.25) is 0 Å². The SMILES string of the molecule is CC(C)(C)OC(=O)N1CC(F)C(CN(C(=O)C2CN(C(=O)CCCCCN3C(=O)C=CC3=O)CCO2)C(c2nc(-c3cc(F)ccc3F)cn2Cc2ccccc2)C2CCOCC2)C1. The van der Waals surface area contributed by atoms with E-state index in [1.54, 1.807) is 36.8 Å². The number of ether oxygens (including phenoxy) is 3. The lowest BCUT2D eigenvalue weighted by molar-refractivity contribution is -0.159. The summed E-state index contributed by atoms with van der Waals surface area (Å²) in [5.41, 5.74) is 0.140. The molecule has 4 aliphatic rings. The fourth-order valence-corrected chi connectivity index (χ4v) is 8.85. The number of carbonyl (C=O) groups excluding carboxylic acids is 5. The van der Waals surface area contributed by atoms with Crippen molar-refractivity contribution in [3.05, 3.63) is 89.9 Å². The number of amides is 5. The van der Waals surface area contributed by atoms with Crippen LogP contribution in [0.1, 0.15) is 76.7 Å². The van der Waals surface area contributed by atoms with Crippen LogP contribution in [0.4, 0.5) is 18.0 Å². The van der Waals surface area contributed by atoms with Gasteiger partial charge in [-0.05, 0) is 76.1 Å². The number of imidazole rings is 1. The molecule has 5 amide bonds. The molecule has 0 aliphatic carbocycles. The highest BCUT2D eigenvalue weighted by Crippen LogP contribution is 2.39. The van der Waals surface area contributed by atoms with Crippen molar-refractivity contribution in [3.8, 4) is 11.3 Å². The summed E-state index contributed by atoms with van der Waals surface area (Å²) in [7, 11) is 0. The van der Waals surface area contributed by atoms with Crippen molar-refractivity contribution in [1.82, 2.24) is 29.2 Å². The van der Waals surface area contributed by atoms with Gasteiger partial charge in [-0.2, -0.15) is 0 Å². The summed E-state index contributed by atoms with van der Waals surface area (Å²) in [6, 6.07) is 11.8. The van der Waals surface area contributed by atoms with E-state index >= 15 is 13.6 Å². The quantitative estimate of drug-likeness (QED) is 0.131. The van der Waals surface area contributed by atoms with E-state index in [1.807, 2.05) is 34.9 Å². The second-order valence-corrected chi connectivity index (χ2v) is 17.9. The summed E-state index contributed by atoms with van der Waals surface area (Å²) in [5.74, 6) is -3.49. The van der Waals surface area contributed by atoms with Crippen molar-refractivity contribution in [2.45, 2.75) is 89.8 Å². The predicted octanol–water partition coefficient (Wildman–Crippen LogP) is 6.09. The van der Waals surface area contributed by atoms with Gasteiger partial charge in [0.15, 0.2) is 6.10 Å². The van der Waals surface area contributed by atoms with Gasteiger partial charge in [0.25, 0.3) is 17.7 Å². The van der Waals surface area contributed by atoms with Gasteiger partial charge in [0.2, 0.25) is 5.91 Å². The number of imide groups is 1. The molecule has 14 nitrogen and oxygen atoms in total. The first kappa shape index (κ1) is 46.4. The normalized spacial score (nSPS) is 21.2. The molecule has 4 unspecified atom stereocenters. The van der Waals surface area contributed by atoms with E-state index in [-0.39, 0.29) is 93.7 Å². The number of likely N-dealkylation sites (tertiary alicyclic amines) is 1. The largest absolute Gasteiger partial charge is 0.444 e. The van der Waals surface area contributed by atoms with Crippen LogP contribution < -0.4 is 0 Å². The molecule has 0 spiro atoms. The van der Waals surface area contributed by atoms with E-state index in [1.165, 1.54) is 22.0 Å². The minimum Gasteiger partial charge on any atom is -0.444 e. The highest BCUT2D eigenvalue weighted by atomic mass is 19.1. The van der Waals surface area contributed by atoms with Crippen molar-refractivity contribution in [3.63, 3.8) is 0 Å². The van der Waals surface area contributed by atoms with Crippen LogP contribution in [-0.2, 0) is 39.9 Å². The monoisotopic (exact) mass is 890 g/mol. The number of morpholine rings is 1. The maximum atomic E-state index is 16.3. The number of rotatable bonds is 15. The van der Waals surface area contributed by atoms with Crippen LogP contribution in [0.3, 0.4) is 0 Å². The van der Waals surface area contributed by atoms with Gasteiger partial charge in [-0.25, -0.2) is 22.9 Å². The number of unbranched alkanes of at least 4 members (excludes halogenated alkanes) is 2. The average molecular weight is 891 g/mol. The zero-order valence-corrected chi connectivity index (χ0v) is 36.6.